The highest BCUT2D eigenvalue weighted by Gasteiger charge is 2.22. The van der Waals surface area contributed by atoms with E-state index in [0.717, 1.165) is 0 Å². The fourth-order valence-electron chi connectivity index (χ4n) is 2.41. The molecule has 2 amide bonds. The van der Waals surface area contributed by atoms with Crippen LogP contribution in [0.15, 0.2) is 18.2 Å². The number of carbonyl (C=O) groups excluding carboxylic acids is 1. The molecule has 1 fully saturated rings. The van der Waals surface area contributed by atoms with Gasteiger partial charge in [-0.15, -0.1) is 0 Å². The van der Waals surface area contributed by atoms with Crippen molar-refractivity contribution in [2.24, 2.45) is 0 Å². The minimum atomic E-state index is -3.03. The Bertz CT molecular complexity index is 613. The lowest BCUT2D eigenvalue weighted by Gasteiger charge is -2.34. The van der Waals surface area contributed by atoms with E-state index in [2.05, 4.69) is 10.1 Å². The van der Waals surface area contributed by atoms with E-state index < -0.39 is 12.6 Å². The van der Waals surface area contributed by atoms with E-state index in [1.165, 1.54) is 18.2 Å². The maximum Gasteiger partial charge on any atom is 0.387 e. The summed E-state index contributed by atoms with van der Waals surface area (Å²) in [6.45, 7) is -0.285. The number of amides is 2. The number of piperazine rings is 1. The molecule has 0 atom stereocenters. The van der Waals surface area contributed by atoms with Gasteiger partial charge in [0.15, 0.2) is 0 Å². The topological polar surface area (TPSA) is 88.8 Å². The second-order valence-corrected chi connectivity index (χ2v) is 5.18. The number of rotatable bonds is 5. The number of urea groups is 1. The van der Waals surface area contributed by atoms with E-state index in [9.17, 15) is 13.6 Å². The Morgan fingerprint density at radius 1 is 1.38 bits per heavy atom. The molecule has 1 heterocycles. The number of aliphatic hydroxyl groups is 1. The number of aliphatic hydroxyl groups excluding tert-OH is 1. The van der Waals surface area contributed by atoms with Crippen LogP contribution in [-0.4, -0.2) is 66.9 Å². The van der Waals surface area contributed by atoms with Crippen LogP contribution in [0.5, 0.6) is 5.75 Å². The number of halogens is 2. The average molecular weight is 340 g/mol. The number of nitrogens with one attached hydrogen (secondary N) is 1. The maximum absolute atomic E-state index is 12.5. The molecule has 0 bridgehead atoms. The minimum Gasteiger partial charge on any atom is -0.433 e. The van der Waals surface area contributed by atoms with Gasteiger partial charge in [-0.05, 0) is 18.2 Å². The molecule has 0 saturated carbocycles. The summed E-state index contributed by atoms with van der Waals surface area (Å²) in [5.41, 5.74) is 0.247. The zero-order valence-corrected chi connectivity index (χ0v) is 12.9. The number of β-amino-alcohol motifs (C(OH)–C–C–N with tert-alkyl or cyclic N) is 1. The number of benzene rings is 1. The molecular formula is C15H18F2N4O3. The molecule has 2 N–H and O–H groups in total. The second kappa shape index (κ2) is 8.42. The van der Waals surface area contributed by atoms with Crippen LogP contribution in [0.4, 0.5) is 19.3 Å². The van der Waals surface area contributed by atoms with Crippen LogP contribution in [0, 0.1) is 11.3 Å². The molecule has 1 saturated heterocycles. The number of anilines is 1. The Kier molecular flexibility index (Phi) is 6.28. The quantitative estimate of drug-likeness (QED) is 0.843. The van der Waals surface area contributed by atoms with Gasteiger partial charge < -0.3 is 20.1 Å². The summed E-state index contributed by atoms with van der Waals surface area (Å²) in [7, 11) is 0. The normalized spacial score (nSPS) is 15.2. The largest absolute Gasteiger partial charge is 0.433 e. The minimum absolute atomic E-state index is 0.0251. The Hall–Kier alpha value is -2.44. The number of hydrogen-bond donors (Lipinski definition) is 2. The monoisotopic (exact) mass is 340 g/mol. The van der Waals surface area contributed by atoms with E-state index in [4.69, 9.17) is 10.4 Å². The van der Waals surface area contributed by atoms with E-state index >= 15 is 0 Å². The van der Waals surface area contributed by atoms with Gasteiger partial charge in [0, 0.05) is 32.7 Å². The second-order valence-electron chi connectivity index (χ2n) is 5.18. The van der Waals surface area contributed by atoms with Gasteiger partial charge in [-0.25, -0.2) is 4.79 Å². The SMILES string of the molecule is N#Cc1ccc(OC(F)F)c(NC(=O)N2CCN(CCO)CC2)c1. The Balaban J connectivity index is 2.04. The van der Waals surface area contributed by atoms with Crippen LogP contribution < -0.4 is 10.1 Å². The predicted octanol–water partition coefficient (Wildman–Crippen LogP) is 1.30. The summed E-state index contributed by atoms with van der Waals surface area (Å²) in [5, 5.41) is 20.3. The first-order valence-corrected chi connectivity index (χ1v) is 7.41. The van der Waals surface area contributed by atoms with Crippen molar-refractivity contribution in [2.75, 3.05) is 44.6 Å². The first kappa shape index (κ1) is 17.9. The fourth-order valence-corrected chi connectivity index (χ4v) is 2.41. The van der Waals surface area contributed by atoms with E-state index in [0.29, 0.717) is 32.7 Å². The summed E-state index contributed by atoms with van der Waals surface area (Å²) < 4.78 is 29.3. The molecule has 130 valence electrons. The molecule has 0 unspecified atom stereocenters. The first-order valence-electron chi connectivity index (χ1n) is 7.41. The third-order valence-corrected chi connectivity index (χ3v) is 3.64. The van der Waals surface area contributed by atoms with Crippen molar-refractivity contribution in [3.8, 4) is 11.8 Å². The highest BCUT2D eigenvalue weighted by atomic mass is 19.3. The van der Waals surface area contributed by atoms with Gasteiger partial charge in [-0.3, -0.25) is 4.90 Å². The van der Waals surface area contributed by atoms with E-state index in [1.54, 1.807) is 4.90 Å². The summed E-state index contributed by atoms with van der Waals surface area (Å²) in [6, 6.07) is 5.28. The van der Waals surface area contributed by atoms with Gasteiger partial charge >= 0.3 is 12.6 Å². The van der Waals surface area contributed by atoms with Gasteiger partial charge in [-0.2, -0.15) is 14.0 Å². The van der Waals surface area contributed by atoms with Crippen molar-refractivity contribution in [3.05, 3.63) is 23.8 Å². The number of carbonyl (C=O) groups is 1. The van der Waals surface area contributed by atoms with Crippen LogP contribution >= 0.6 is 0 Å². The smallest absolute Gasteiger partial charge is 0.387 e. The predicted molar refractivity (Wildman–Crippen MR) is 81.9 cm³/mol. The summed E-state index contributed by atoms with van der Waals surface area (Å²) in [5.74, 6) is -0.198. The number of alkyl halides is 2. The summed E-state index contributed by atoms with van der Waals surface area (Å²) in [6.07, 6.45) is 0. The van der Waals surface area contributed by atoms with Gasteiger partial charge in [0.1, 0.15) is 5.75 Å². The van der Waals surface area contributed by atoms with Crippen LogP contribution in [0.25, 0.3) is 0 Å². The van der Waals surface area contributed by atoms with Crippen LogP contribution in [0.2, 0.25) is 0 Å². The highest BCUT2D eigenvalue weighted by molar-refractivity contribution is 5.91. The number of hydrogen-bond acceptors (Lipinski definition) is 5. The van der Waals surface area contributed by atoms with Crippen LogP contribution in [-0.2, 0) is 0 Å². The van der Waals surface area contributed by atoms with Crippen molar-refractivity contribution in [1.29, 1.82) is 5.26 Å². The van der Waals surface area contributed by atoms with Crippen molar-refractivity contribution >= 4 is 11.7 Å². The summed E-state index contributed by atoms with van der Waals surface area (Å²) >= 11 is 0. The zero-order chi connectivity index (χ0) is 17.5. The molecule has 0 aliphatic carbocycles. The molecule has 0 spiro atoms. The van der Waals surface area contributed by atoms with Crippen molar-refractivity contribution in [3.63, 3.8) is 0 Å². The molecule has 1 aliphatic rings. The third kappa shape index (κ3) is 4.78. The molecule has 1 aromatic carbocycles. The van der Waals surface area contributed by atoms with Crippen molar-refractivity contribution in [1.82, 2.24) is 9.80 Å². The molecular weight excluding hydrogens is 322 g/mol. The first-order chi connectivity index (χ1) is 11.5. The molecule has 1 aliphatic heterocycles. The molecule has 0 aromatic heterocycles. The maximum atomic E-state index is 12.5. The van der Waals surface area contributed by atoms with E-state index in [1.807, 2.05) is 11.0 Å². The standard InChI is InChI=1S/C15H18F2N4O3/c16-14(17)24-13-2-1-11(10-18)9-12(13)19-15(23)21-5-3-20(4-6-21)7-8-22/h1-2,9,14,22H,3-8H2,(H,19,23). The van der Waals surface area contributed by atoms with Gasteiger partial charge in [0.25, 0.3) is 0 Å². The zero-order valence-electron chi connectivity index (χ0n) is 12.9. The Morgan fingerprint density at radius 2 is 2.08 bits per heavy atom. The lowest BCUT2D eigenvalue weighted by atomic mass is 10.2. The average Bonchev–Trinajstić information content (AvgIpc) is 2.57. The summed E-state index contributed by atoms with van der Waals surface area (Å²) in [4.78, 5) is 15.9. The van der Waals surface area contributed by atoms with Gasteiger partial charge in [-0.1, -0.05) is 0 Å². The Morgan fingerprint density at radius 3 is 2.67 bits per heavy atom. The number of ether oxygens (including phenoxy) is 1. The molecule has 0 radical (unpaired) electrons. The van der Waals surface area contributed by atoms with Crippen molar-refractivity contribution in [2.45, 2.75) is 6.61 Å². The van der Waals surface area contributed by atoms with Crippen molar-refractivity contribution < 1.29 is 23.4 Å². The lowest BCUT2D eigenvalue weighted by molar-refractivity contribution is -0.0493. The fraction of sp³-hybridized carbons (Fsp3) is 0.467. The molecule has 9 heteroatoms. The van der Waals surface area contributed by atoms with Gasteiger partial charge in [0.2, 0.25) is 0 Å². The van der Waals surface area contributed by atoms with E-state index in [-0.39, 0.29) is 23.6 Å². The lowest BCUT2D eigenvalue weighted by Crippen LogP contribution is -2.50. The highest BCUT2D eigenvalue weighted by Crippen LogP contribution is 2.27. The molecule has 2 rings (SSSR count). The van der Waals surface area contributed by atoms with Gasteiger partial charge in [0.05, 0.1) is 23.9 Å². The molecule has 24 heavy (non-hydrogen) atoms. The number of nitriles is 1. The molecule has 7 nitrogen and oxygen atoms in total. The third-order valence-electron chi connectivity index (χ3n) is 3.64. The van der Waals surface area contributed by atoms with Crippen LogP contribution in [0.1, 0.15) is 5.56 Å². The Labute approximate surface area is 138 Å². The number of nitrogens with zero attached hydrogens (tertiary/aromatic N) is 3. The molecule has 1 aromatic rings. The van der Waals surface area contributed by atoms with Crippen LogP contribution in [0.3, 0.4) is 0 Å².